The number of hydrogen-bond acceptors (Lipinski definition) is 3. The number of nitrogens with one attached hydrogen (secondary N) is 1. The molecule has 1 aromatic rings. The van der Waals surface area contributed by atoms with E-state index in [4.69, 9.17) is 0 Å². The molecule has 15 heavy (non-hydrogen) atoms. The maximum atomic E-state index is 12.2. The number of anilines is 1. The molecule has 2 heterocycles. The minimum atomic E-state index is 0.172. The molecule has 3 rings (SSSR count). The second-order valence-electron chi connectivity index (χ2n) is 3.86. The Morgan fingerprint density at radius 2 is 2.27 bits per heavy atom. The molecule has 1 amide bonds. The van der Waals surface area contributed by atoms with Gasteiger partial charge in [-0.15, -0.1) is 0 Å². The molecule has 1 saturated heterocycles. The third-order valence-corrected chi connectivity index (χ3v) is 4.02. The molecule has 4 heteroatoms. The van der Waals surface area contributed by atoms with Crippen LogP contribution in [-0.4, -0.2) is 22.7 Å². The van der Waals surface area contributed by atoms with E-state index < -0.39 is 0 Å². The smallest absolute Gasteiger partial charge is 0.256 e. The fourth-order valence-corrected chi connectivity index (χ4v) is 3.19. The van der Waals surface area contributed by atoms with Gasteiger partial charge in [0.15, 0.2) is 0 Å². The second-order valence-corrected chi connectivity index (χ2v) is 4.84. The van der Waals surface area contributed by atoms with Crippen LogP contribution < -0.4 is 4.72 Å². The number of hydrogen-bond donors (Lipinski definition) is 1. The SMILES string of the molecule is O=C1c2ccccc2NS[C@@H]2CCCN12. The molecule has 78 valence electrons. The van der Waals surface area contributed by atoms with Crippen molar-refractivity contribution in [3.05, 3.63) is 29.8 Å². The van der Waals surface area contributed by atoms with Crippen LogP contribution in [0.3, 0.4) is 0 Å². The number of carbonyl (C=O) groups excluding carboxylic acids is 1. The summed E-state index contributed by atoms with van der Waals surface area (Å²) in [4.78, 5) is 14.2. The van der Waals surface area contributed by atoms with E-state index in [1.54, 1.807) is 11.9 Å². The Balaban J connectivity index is 2.04. The van der Waals surface area contributed by atoms with E-state index in [1.807, 2.05) is 29.2 Å². The van der Waals surface area contributed by atoms with Gasteiger partial charge in [-0.2, -0.15) is 0 Å². The zero-order valence-corrected chi connectivity index (χ0v) is 9.09. The summed E-state index contributed by atoms with van der Waals surface area (Å²) in [5, 5.41) is 0.310. The van der Waals surface area contributed by atoms with Crippen molar-refractivity contribution >= 4 is 23.5 Å². The highest BCUT2D eigenvalue weighted by Crippen LogP contribution is 2.34. The van der Waals surface area contributed by atoms with Crippen LogP contribution in [0.1, 0.15) is 23.2 Å². The number of carbonyl (C=O) groups is 1. The van der Waals surface area contributed by atoms with Gasteiger partial charge in [-0.3, -0.25) is 4.79 Å². The van der Waals surface area contributed by atoms with Crippen molar-refractivity contribution in [2.45, 2.75) is 18.2 Å². The van der Waals surface area contributed by atoms with Crippen LogP contribution in [0.25, 0.3) is 0 Å². The van der Waals surface area contributed by atoms with Gasteiger partial charge in [0.25, 0.3) is 5.91 Å². The van der Waals surface area contributed by atoms with Gasteiger partial charge >= 0.3 is 0 Å². The lowest BCUT2D eigenvalue weighted by Gasteiger charge is -2.20. The van der Waals surface area contributed by atoms with Crippen molar-refractivity contribution in [3.63, 3.8) is 0 Å². The molecule has 0 unspecified atom stereocenters. The Morgan fingerprint density at radius 3 is 3.20 bits per heavy atom. The Kier molecular flexibility index (Phi) is 2.09. The molecule has 0 radical (unpaired) electrons. The molecule has 3 nitrogen and oxygen atoms in total. The monoisotopic (exact) mass is 220 g/mol. The number of para-hydroxylation sites is 1. The maximum Gasteiger partial charge on any atom is 0.256 e. The van der Waals surface area contributed by atoms with Gasteiger partial charge in [-0.25, -0.2) is 0 Å². The van der Waals surface area contributed by atoms with Crippen LogP contribution in [-0.2, 0) is 0 Å². The quantitative estimate of drug-likeness (QED) is 0.681. The number of fused-ring (bicyclic) bond motifs is 2. The summed E-state index contributed by atoms with van der Waals surface area (Å²) in [6, 6.07) is 7.73. The molecule has 2 aliphatic rings. The lowest BCUT2D eigenvalue weighted by Crippen LogP contribution is -2.32. The van der Waals surface area contributed by atoms with E-state index in [0.717, 1.165) is 30.6 Å². The highest BCUT2D eigenvalue weighted by Gasteiger charge is 2.33. The largest absolute Gasteiger partial charge is 0.327 e. The average molecular weight is 220 g/mol. The predicted molar refractivity (Wildman–Crippen MR) is 61.7 cm³/mol. The molecule has 1 fully saturated rings. The topological polar surface area (TPSA) is 32.3 Å². The summed E-state index contributed by atoms with van der Waals surface area (Å²) in [5.41, 5.74) is 1.75. The molecule has 2 aliphatic heterocycles. The van der Waals surface area contributed by atoms with Crippen molar-refractivity contribution in [1.29, 1.82) is 0 Å². The van der Waals surface area contributed by atoms with E-state index in [2.05, 4.69) is 4.72 Å². The molecule has 0 bridgehead atoms. The Hall–Kier alpha value is -1.16. The second kappa shape index (κ2) is 3.45. The van der Waals surface area contributed by atoms with Gasteiger partial charge < -0.3 is 9.62 Å². The summed E-state index contributed by atoms with van der Waals surface area (Å²) < 4.78 is 3.28. The van der Waals surface area contributed by atoms with E-state index in [-0.39, 0.29) is 5.91 Å². The molecule has 0 aliphatic carbocycles. The molecule has 0 saturated carbocycles. The molecular weight excluding hydrogens is 208 g/mol. The van der Waals surface area contributed by atoms with Gasteiger partial charge in [-0.05, 0) is 36.9 Å². The van der Waals surface area contributed by atoms with E-state index in [9.17, 15) is 4.79 Å². The molecule has 1 aromatic carbocycles. The van der Waals surface area contributed by atoms with E-state index in [0.29, 0.717) is 5.37 Å². The van der Waals surface area contributed by atoms with Crippen molar-refractivity contribution in [1.82, 2.24) is 4.90 Å². The first-order valence-electron chi connectivity index (χ1n) is 5.18. The van der Waals surface area contributed by atoms with Crippen molar-refractivity contribution in [2.24, 2.45) is 0 Å². The summed E-state index contributed by atoms with van der Waals surface area (Å²) in [5.74, 6) is 0.172. The summed E-state index contributed by atoms with van der Waals surface area (Å²) in [6.07, 6.45) is 2.21. The average Bonchev–Trinajstić information content (AvgIpc) is 2.69. The van der Waals surface area contributed by atoms with Crippen LogP contribution >= 0.6 is 11.9 Å². The lowest BCUT2D eigenvalue weighted by atomic mass is 10.1. The number of benzene rings is 1. The van der Waals surface area contributed by atoms with Crippen LogP contribution in [0.2, 0.25) is 0 Å². The summed E-state index contributed by atoms with van der Waals surface area (Å²) >= 11 is 1.66. The van der Waals surface area contributed by atoms with Crippen molar-refractivity contribution in [2.75, 3.05) is 11.3 Å². The van der Waals surface area contributed by atoms with Gasteiger partial charge in [0.1, 0.15) is 0 Å². The first kappa shape index (κ1) is 9.09. The summed E-state index contributed by atoms with van der Waals surface area (Å²) in [6.45, 7) is 0.895. The van der Waals surface area contributed by atoms with Crippen LogP contribution in [0, 0.1) is 0 Å². The Morgan fingerprint density at radius 1 is 1.40 bits per heavy atom. The van der Waals surface area contributed by atoms with Crippen molar-refractivity contribution in [3.8, 4) is 0 Å². The Bertz CT molecular complexity index is 407. The number of nitrogens with zero attached hydrogens (tertiary/aromatic N) is 1. The lowest BCUT2D eigenvalue weighted by molar-refractivity contribution is 0.0781. The highest BCUT2D eigenvalue weighted by molar-refractivity contribution is 8.01. The fourth-order valence-electron chi connectivity index (χ4n) is 2.14. The van der Waals surface area contributed by atoms with E-state index in [1.165, 1.54) is 0 Å². The third kappa shape index (κ3) is 1.40. The standard InChI is InChI=1S/C11H12N2OS/c14-11-8-4-1-2-5-9(8)12-15-10-6-3-7-13(10)11/h1-2,4-5,10,12H,3,6-7H2/t10-/m1/s1. The first-order valence-corrected chi connectivity index (χ1v) is 6.06. The number of rotatable bonds is 0. The zero-order valence-electron chi connectivity index (χ0n) is 8.27. The van der Waals surface area contributed by atoms with Gasteiger partial charge in [0, 0.05) is 6.54 Å². The maximum absolute atomic E-state index is 12.2. The van der Waals surface area contributed by atoms with Gasteiger partial charge in [0.2, 0.25) is 0 Å². The van der Waals surface area contributed by atoms with Gasteiger partial charge in [-0.1, -0.05) is 12.1 Å². The molecule has 1 N–H and O–H groups in total. The first-order chi connectivity index (χ1) is 7.36. The van der Waals surface area contributed by atoms with Crippen molar-refractivity contribution < 1.29 is 4.79 Å². The predicted octanol–water partition coefficient (Wildman–Crippen LogP) is 2.32. The van der Waals surface area contributed by atoms with Crippen LogP contribution in [0.4, 0.5) is 5.69 Å². The van der Waals surface area contributed by atoms with Crippen LogP contribution in [0.15, 0.2) is 24.3 Å². The fraction of sp³-hybridized carbons (Fsp3) is 0.364. The minimum absolute atomic E-state index is 0.172. The molecule has 0 spiro atoms. The third-order valence-electron chi connectivity index (χ3n) is 2.92. The number of amides is 1. The zero-order chi connectivity index (χ0) is 10.3. The highest BCUT2D eigenvalue weighted by atomic mass is 32.2. The minimum Gasteiger partial charge on any atom is -0.327 e. The van der Waals surface area contributed by atoms with Crippen LogP contribution in [0.5, 0.6) is 0 Å². The normalized spacial score (nSPS) is 24.1. The Labute approximate surface area is 93.0 Å². The molecular formula is C11H12N2OS. The molecule has 1 atom stereocenters. The van der Waals surface area contributed by atoms with E-state index >= 15 is 0 Å². The van der Waals surface area contributed by atoms with Gasteiger partial charge in [0.05, 0.1) is 16.6 Å². The molecule has 0 aromatic heterocycles. The summed E-state index contributed by atoms with van der Waals surface area (Å²) in [7, 11) is 0.